The molecular weight excluding hydrogens is 566 g/mol. The van der Waals surface area contributed by atoms with Gasteiger partial charge in [0.05, 0.1) is 24.7 Å². The molecule has 2 bridgehead atoms. The fourth-order valence-corrected chi connectivity index (χ4v) is 9.97. The number of esters is 2. The van der Waals surface area contributed by atoms with Gasteiger partial charge in [-0.2, -0.15) is 0 Å². The Morgan fingerprint density at radius 2 is 1.82 bits per heavy atom. The topological polar surface area (TPSA) is 129 Å². The fraction of sp³-hybridized carbons (Fsp3) is 0.824. The van der Waals surface area contributed by atoms with E-state index in [1.54, 1.807) is 32.8 Å². The molecule has 44 heavy (non-hydrogen) atoms. The summed E-state index contributed by atoms with van der Waals surface area (Å²) in [5.41, 5.74) is -2.55. The van der Waals surface area contributed by atoms with Crippen LogP contribution in [0.3, 0.4) is 0 Å². The normalized spacial score (nSPS) is 39.6. The number of Topliss-reactive ketones (excluding diaryl/α,β-unsaturated/α-hetero) is 1. The van der Waals surface area contributed by atoms with E-state index in [1.165, 1.54) is 6.92 Å². The predicted octanol–water partition coefficient (Wildman–Crippen LogP) is 4.46. The number of aliphatic hydroxyl groups is 1. The van der Waals surface area contributed by atoms with Gasteiger partial charge in [-0.3, -0.25) is 14.4 Å². The summed E-state index contributed by atoms with van der Waals surface area (Å²) in [5.74, 6) is -2.92. The Bertz CT molecular complexity index is 1210. The lowest BCUT2D eigenvalue weighted by Crippen LogP contribution is -2.72. The maximum Gasteiger partial charge on any atom is 0.410 e. The van der Waals surface area contributed by atoms with Gasteiger partial charge in [0, 0.05) is 44.4 Å². The van der Waals surface area contributed by atoms with E-state index in [0.29, 0.717) is 37.8 Å². The SMILES string of the molecule is C=C1C(=O)[C@]23[C@H](OC(=O)[C@H]4CCCN(C(=O)OC(C)(C)C)C4)[C@H]1C[C@H](O)[C@H]2[C@]1(COC(C)=O)CCCC(C)(C)[C@H]1C[C@H]3OC. The van der Waals surface area contributed by atoms with Crippen molar-refractivity contribution in [2.45, 2.75) is 110 Å². The van der Waals surface area contributed by atoms with Crippen LogP contribution >= 0.6 is 0 Å². The van der Waals surface area contributed by atoms with E-state index in [2.05, 4.69) is 20.4 Å². The molecule has 5 fully saturated rings. The number of piperidine rings is 1. The first-order valence-corrected chi connectivity index (χ1v) is 16.3. The summed E-state index contributed by atoms with van der Waals surface area (Å²) in [6.45, 7) is 16.1. The highest BCUT2D eigenvalue weighted by Crippen LogP contribution is 2.72. The molecule has 1 amide bonds. The lowest BCUT2D eigenvalue weighted by atomic mass is 9.39. The van der Waals surface area contributed by atoms with Gasteiger partial charge in [0.1, 0.15) is 17.1 Å². The lowest BCUT2D eigenvalue weighted by Gasteiger charge is -2.67. The van der Waals surface area contributed by atoms with E-state index in [-0.39, 0.29) is 36.7 Å². The van der Waals surface area contributed by atoms with Crippen LogP contribution in [0.25, 0.3) is 0 Å². The van der Waals surface area contributed by atoms with E-state index in [9.17, 15) is 24.3 Å². The number of ether oxygens (including phenoxy) is 4. The first-order valence-electron chi connectivity index (χ1n) is 16.3. The average molecular weight is 618 g/mol. The van der Waals surface area contributed by atoms with Gasteiger partial charge >= 0.3 is 18.0 Å². The summed E-state index contributed by atoms with van der Waals surface area (Å²) in [6, 6.07) is 0. The highest BCUT2D eigenvalue weighted by Gasteiger charge is 2.78. The van der Waals surface area contributed by atoms with Gasteiger partial charge in [-0.05, 0) is 76.2 Å². The zero-order chi connectivity index (χ0) is 32.4. The van der Waals surface area contributed by atoms with Gasteiger partial charge in [-0.25, -0.2) is 4.79 Å². The van der Waals surface area contributed by atoms with Crippen LogP contribution in [0.1, 0.15) is 86.5 Å². The van der Waals surface area contributed by atoms with Crippen molar-refractivity contribution in [3.8, 4) is 0 Å². The highest BCUT2D eigenvalue weighted by molar-refractivity contribution is 6.05. The summed E-state index contributed by atoms with van der Waals surface area (Å²) < 4.78 is 23.9. The quantitative estimate of drug-likeness (QED) is 0.270. The Balaban J connectivity index is 1.53. The van der Waals surface area contributed by atoms with E-state index >= 15 is 0 Å². The molecule has 10 nitrogen and oxygen atoms in total. The van der Waals surface area contributed by atoms with Gasteiger partial charge in [-0.15, -0.1) is 0 Å². The number of hydrogen-bond acceptors (Lipinski definition) is 9. The molecule has 0 unspecified atom stereocenters. The lowest BCUT2D eigenvalue weighted by molar-refractivity contribution is -0.272. The third kappa shape index (κ3) is 5.17. The standard InChI is InChI=1S/C34H51NO9/c1-19-22-15-23(37)26-33(18-42-20(2)36)13-10-12-32(6,7)24(33)16-25(41-8)34(26,27(19)38)28(22)43-29(39)21-11-9-14-35(17-21)30(40)44-31(3,4)5/h21-26,28,37H,1,9-18H2,2-8H3/t21-,22-,23-,24+,25+,26-,28+,33-,34+/m0/s1. The van der Waals surface area contributed by atoms with Crippen LogP contribution in [0.15, 0.2) is 12.2 Å². The van der Waals surface area contributed by atoms with Crippen LogP contribution in [-0.2, 0) is 33.3 Å². The molecule has 0 aromatic heterocycles. The van der Waals surface area contributed by atoms with Crippen LogP contribution in [0.2, 0.25) is 0 Å². The molecule has 10 heteroatoms. The van der Waals surface area contributed by atoms with Crippen LogP contribution in [0.4, 0.5) is 4.79 Å². The Morgan fingerprint density at radius 1 is 1.11 bits per heavy atom. The maximum atomic E-state index is 14.6. The number of likely N-dealkylation sites (tertiary alicyclic amines) is 1. The molecule has 4 saturated carbocycles. The first-order chi connectivity index (χ1) is 20.5. The third-order valence-electron chi connectivity index (χ3n) is 11.5. The van der Waals surface area contributed by atoms with Crippen molar-refractivity contribution in [1.29, 1.82) is 0 Å². The number of ketones is 1. The number of amides is 1. The minimum Gasteiger partial charge on any atom is -0.465 e. The molecule has 0 aromatic carbocycles. The minimum atomic E-state index is -1.37. The Hall–Kier alpha value is -2.46. The van der Waals surface area contributed by atoms with Crippen molar-refractivity contribution >= 4 is 23.8 Å². The molecule has 1 spiro atoms. The molecule has 0 aromatic rings. The average Bonchev–Trinajstić information content (AvgIpc) is 3.06. The molecule has 1 saturated heterocycles. The van der Waals surface area contributed by atoms with Gasteiger partial charge in [0.15, 0.2) is 5.78 Å². The van der Waals surface area contributed by atoms with E-state index < -0.39 is 70.5 Å². The molecular formula is C34H51NO9. The Kier molecular flexibility index (Phi) is 8.53. The summed E-state index contributed by atoms with van der Waals surface area (Å²) in [4.78, 5) is 55.1. The van der Waals surface area contributed by atoms with E-state index in [1.807, 2.05) is 0 Å². The van der Waals surface area contributed by atoms with Crippen LogP contribution in [0, 0.1) is 39.9 Å². The number of rotatable bonds is 5. The summed E-state index contributed by atoms with van der Waals surface area (Å²) in [6.07, 6.45) is 1.49. The molecule has 246 valence electrons. The van der Waals surface area contributed by atoms with Gasteiger partial charge < -0.3 is 29.0 Å². The smallest absolute Gasteiger partial charge is 0.410 e. The van der Waals surface area contributed by atoms with Crippen molar-refractivity contribution in [3.05, 3.63) is 12.2 Å². The largest absolute Gasteiger partial charge is 0.465 e. The number of methoxy groups -OCH3 is 1. The molecule has 9 atom stereocenters. The fourth-order valence-electron chi connectivity index (χ4n) is 9.97. The molecule has 4 aliphatic carbocycles. The van der Waals surface area contributed by atoms with Gasteiger partial charge in [-0.1, -0.05) is 26.8 Å². The number of hydrogen-bond donors (Lipinski definition) is 1. The number of carbonyl (C=O) groups excluding carboxylic acids is 4. The van der Waals surface area contributed by atoms with Crippen LogP contribution < -0.4 is 0 Å². The second kappa shape index (κ2) is 11.4. The Morgan fingerprint density at radius 3 is 2.45 bits per heavy atom. The van der Waals surface area contributed by atoms with Crippen molar-refractivity contribution in [2.24, 2.45) is 39.9 Å². The maximum absolute atomic E-state index is 14.6. The zero-order valence-electron chi connectivity index (χ0n) is 27.5. The summed E-state index contributed by atoms with van der Waals surface area (Å²) >= 11 is 0. The molecule has 0 radical (unpaired) electrons. The minimum absolute atomic E-state index is 0.00590. The van der Waals surface area contributed by atoms with Gasteiger partial charge in [0.25, 0.3) is 0 Å². The number of aliphatic hydroxyl groups excluding tert-OH is 1. The number of fused-ring (bicyclic) bond motifs is 3. The molecule has 1 heterocycles. The zero-order valence-corrected chi connectivity index (χ0v) is 27.5. The van der Waals surface area contributed by atoms with Crippen LogP contribution in [0.5, 0.6) is 0 Å². The third-order valence-corrected chi connectivity index (χ3v) is 11.5. The van der Waals surface area contributed by atoms with Crippen molar-refractivity contribution in [2.75, 3.05) is 26.8 Å². The first kappa shape index (κ1) is 32.9. The molecule has 5 aliphatic rings. The predicted molar refractivity (Wildman–Crippen MR) is 160 cm³/mol. The Labute approximate surface area is 261 Å². The monoisotopic (exact) mass is 617 g/mol. The van der Waals surface area contributed by atoms with Crippen molar-refractivity contribution < 1.29 is 43.2 Å². The molecule has 1 N–H and O–H groups in total. The second-order valence-electron chi connectivity index (χ2n) is 15.7. The second-order valence-corrected chi connectivity index (χ2v) is 15.7. The van der Waals surface area contributed by atoms with Crippen molar-refractivity contribution in [3.63, 3.8) is 0 Å². The summed E-state index contributed by atoms with van der Waals surface area (Å²) in [5, 5.41) is 12.0. The van der Waals surface area contributed by atoms with E-state index in [4.69, 9.17) is 18.9 Å². The summed E-state index contributed by atoms with van der Waals surface area (Å²) in [7, 11) is 1.58. The number of nitrogens with zero attached hydrogens (tertiary/aromatic N) is 1. The number of carbonyl (C=O) groups is 4. The highest BCUT2D eigenvalue weighted by atomic mass is 16.6. The molecule has 5 rings (SSSR count). The molecule has 1 aliphatic heterocycles. The van der Waals surface area contributed by atoms with E-state index in [0.717, 1.165) is 12.8 Å². The van der Waals surface area contributed by atoms with Gasteiger partial charge in [0.2, 0.25) is 0 Å². The van der Waals surface area contributed by atoms with Crippen molar-refractivity contribution in [1.82, 2.24) is 4.90 Å². The van der Waals surface area contributed by atoms with Crippen LogP contribution in [-0.4, -0.2) is 84.5 Å².